The molecule has 1 aliphatic rings. The van der Waals surface area contributed by atoms with Crippen LogP contribution in [0.4, 0.5) is 8.78 Å². The number of ether oxygens (including phenoxy) is 1. The maximum atomic E-state index is 13.3. The van der Waals surface area contributed by atoms with Crippen molar-refractivity contribution in [2.45, 2.75) is 25.5 Å². The van der Waals surface area contributed by atoms with E-state index >= 15 is 0 Å². The molecular formula is C14H20F2N2O. The first kappa shape index (κ1) is 14.4. The summed E-state index contributed by atoms with van der Waals surface area (Å²) in [4.78, 5) is 2.14. The van der Waals surface area contributed by atoms with Crippen molar-refractivity contribution in [1.29, 1.82) is 0 Å². The minimum absolute atomic E-state index is 0.106. The normalized spacial score (nSPS) is 23.1. The summed E-state index contributed by atoms with van der Waals surface area (Å²) in [6, 6.07) is 3.42. The molecule has 0 aromatic heterocycles. The third-order valence-corrected chi connectivity index (χ3v) is 3.42. The lowest BCUT2D eigenvalue weighted by Crippen LogP contribution is -2.37. The van der Waals surface area contributed by atoms with E-state index in [9.17, 15) is 8.78 Å². The van der Waals surface area contributed by atoms with E-state index in [0.717, 1.165) is 25.6 Å². The number of benzene rings is 1. The van der Waals surface area contributed by atoms with E-state index in [4.69, 9.17) is 10.5 Å². The monoisotopic (exact) mass is 270 g/mol. The van der Waals surface area contributed by atoms with Gasteiger partial charge in [-0.25, -0.2) is 8.78 Å². The summed E-state index contributed by atoms with van der Waals surface area (Å²) < 4.78 is 32.2. The average molecular weight is 270 g/mol. The van der Waals surface area contributed by atoms with Crippen LogP contribution >= 0.6 is 0 Å². The summed E-state index contributed by atoms with van der Waals surface area (Å²) in [5, 5.41) is 0. The lowest BCUT2D eigenvalue weighted by molar-refractivity contribution is 0.0611. The Balaban J connectivity index is 2.22. The second kappa shape index (κ2) is 6.41. The van der Waals surface area contributed by atoms with Crippen LogP contribution in [0.5, 0.6) is 0 Å². The van der Waals surface area contributed by atoms with Gasteiger partial charge in [0.1, 0.15) is 11.6 Å². The van der Waals surface area contributed by atoms with E-state index in [0.29, 0.717) is 18.7 Å². The Hall–Kier alpha value is -1.04. The fourth-order valence-corrected chi connectivity index (χ4v) is 2.57. The SMILES string of the molecule is CC1CN(C(CN)c2cc(F)cc(F)c2)CCCO1. The van der Waals surface area contributed by atoms with Crippen molar-refractivity contribution in [3.63, 3.8) is 0 Å². The summed E-state index contributed by atoms with van der Waals surface area (Å²) in [6.45, 7) is 4.59. The van der Waals surface area contributed by atoms with Gasteiger partial charge in [0.05, 0.1) is 6.10 Å². The van der Waals surface area contributed by atoms with Gasteiger partial charge in [0.2, 0.25) is 0 Å². The molecule has 1 saturated heterocycles. The molecule has 2 rings (SSSR count). The van der Waals surface area contributed by atoms with E-state index < -0.39 is 11.6 Å². The molecule has 19 heavy (non-hydrogen) atoms. The van der Waals surface area contributed by atoms with Gasteiger partial charge in [0, 0.05) is 38.3 Å². The van der Waals surface area contributed by atoms with Gasteiger partial charge < -0.3 is 10.5 Å². The van der Waals surface area contributed by atoms with E-state index in [1.54, 1.807) is 0 Å². The van der Waals surface area contributed by atoms with Crippen molar-refractivity contribution < 1.29 is 13.5 Å². The Bertz CT molecular complexity index is 408. The van der Waals surface area contributed by atoms with Crippen molar-refractivity contribution >= 4 is 0 Å². The molecule has 2 N–H and O–H groups in total. The summed E-state index contributed by atoms with van der Waals surface area (Å²) in [7, 11) is 0. The molecule has 2 unspecified atom stereocenters. The smallest absolute Gasteiger partial charge is 0.126 e. The molecule has 0 radical (unpaired) electrons. The van der Waals surface area contributed by atoms with Crippen LogP contribution in [0.15, 0.2) is 18.2 Å². The van der Waals surface area contributed by atoms with Crippen LogP contribution in [0.25, 0.3) is 0 Å². The molecule has 1 aliphatic heterocycles. The van der Waals surface area contributed by atoms with Crippen molar-refractivity contribution in [1.82, 2.24) is 4.90 Å². The van der Waals surface area contributed by atoms with Crippen molar-refractivity contribution in [3.8, 4) is 0 Å². The van der Waals surface area contributed by atoms with Gasteiger partial charge in [-0.15, -0.1) is 0 Å². The Labute approximate surface area is 112 Å². The first-order valence-electron chi connectivity index (χ1n) is 6.62. The molecule has 1 fully saturated rings. The standard InChI is InChI=1S/C14H20F2N2O/c1-10-9-18(3-2-4-19-10)14(8-17)11-5-12(15)7-13(16)6-11/h5-7,10,14H,2-4,8-9,17H2,1H3. The largest absolute Gasteiger partial charge is 0.377 e. The van der Waals surface area contributed by atoms with Gasteiger partial charge >= 0.3 is 0 Å². The molecule has 0 spiro atoms. The molecular weight excluding hydrogens is 250 g/mol. The lowest BCUT2D eigenvalue weighted by Gasteiger charge is -2.31. The summed E-state index contributed by atoms with van der Waals surface area (Å²) in [5.74, 6) is -1.12. The van der Waals surface area contributed by atoms with E-state index in [1.165, 1.54) is 12.1 Å². The Morgan fingerprint density at radius 1 is 1.37 bits per heavy atom. The van der Waals surface area contributed by atoms with Crippen LogP contribution in [0.1, 0.15) is 24.9 Å². The number of rotatable bonds is 3. The molecule has 0 amide bonds. The summed E-state index contributed by atoms with van der Waals surface area (Å²) in [5.41, 5.74) is 6.40. The zero-order valence-corrected chi connectivity index (χ0v) is 11.1. The Morgan fingerprint density at radius 3 is 2.68 bits per heavy atom. The molecule has 106 valence electrons. The average Bonchev–Trinajstić information content (AvgIpc) is 2.54. The highest BCUT2D eigenvalue weighted by Crippen LogP contribution is 2.23. The van der Waals surface area contributed by atoms with Crippen molar-refractivity contribution in [2.24, 2.45) is 5.73 Å². The molecule has 0 saturated carbocycles. The Morgan fingerprint density at radius 2 is 2.05 bits per heavy atom. The molecule has 0 aliphatic carbocycles. The van der Waals surface area contributed by atoms with E-state index in [1.807, 2.05) is 6.92 Å². The quantitative estimate of drug-likeness (QED) is 0.914. The van der Waals surface area contributed by atoms with Crippen LogP contribution in [0.3, 0.4) is 0 Å². The predicted octanol–water partition coefficient (Wildman–Crippen LogP) is 2.08. The molecule has 1 heterocycles. The zero-order chi connectivity index (χ0) is 13.8. The molecule has 3 nitrogen and oxygen atoms in total. The zero-order valence-electron chi connectivity index (χ0n) is 11.1. The molecule has 1 aromatic carbocycles. The third-order valence-electron chi connectivity index (χ3n) is 3.42. The topological polar surface area (TPSA) is 38.5 Å². The second-order valence-corrected chi connectivity index (χ2v) is 4.98. The number of hydrogen-bond donors (Lipinski definition) is 1. The van der Waals surface area contributed by atoms with Crippen molar-refractivity contribution in [2.75, 3.05) is 26.2 Å². The fourth-order valence-electron chi connectivity index (χ4n) is 2.57. The number of halogens is 2. The maximum Gasteiger partial charge on any atom is 0.126 e. The van der Waals surface area contributed by atoms with Crippen LogP contribution in [-0.2, 0) is 4.74 Å². The van der Waals surface area contributed by atoms with E-state index in [-0.39, 0.29) is 12.1 Å². The first-order chi connectivity index (χ1) is 9.10. The van der Waals surface area contributed by atoms with Crippen LogP contribution in [-0.4, -0.2) is 37.2 Å². The van der Waals surface area contributed by atoms with Gasteiger partial charge in [-0.05, 0) is 31.0 Å². The number of nitrogens with zero attached hydrogens (tertiary/aromatic N) is 1. The van der Waals surface area contributed by atoms with Gasteiger partial charge in [0.15, 0.2) is 0 Å². The third kappa shape index (κ3) is 3.72. The second-order valence-electron chi connectivity index (χ2n) is 4.98. The Kier molecular flexibility index (Phi) is 4.85. The highest BCUT2D eigenvalue weighted by molar-refractivity contribution is 5.22. The van der Waals surface area contributed by atoms with Crippen molar-refractivity contribution in [3.05, 3.63) is 35.4 Å². The van der Waals surface area contributed by atoms with Crippen LogP contribution < -0.4 is 5.73 Å². The predicted molar refractivity (Wildman–Crippen MR) is 69.8 cm³/mol. The van der Waals surface area contributed by atoms with Crippen LogP contribution in [0.2, 0.25) is 0 Å². The molecule has 0 bridgehead atoms. The fraction of sp³-hybridized carbons (Fsp3) is 0.571. The number of nitrogens with two attached hydrogens (primary N) is 1. The molecule has 1 aromatic rings. The maximum absolute atomic E-state index is 13.3. The highest BCUT2D eigenvalue weighted by Gasteiger charge is 2.24. The summed E-state index contributed by atoms with van der Waals surface area (Å²) >= 11 is 0. The molecule has 5 heteroatoms. The highest BCUT2D eigenvalue weighted by atomic mass is 19.1. The van der Waals surface area contributed by atoms with Gasteiger partial charge in [0.25, 0.3) is 0 Å². The van der Waals surface area contributed by atoms with Crippen LogP contribution in [0, 0.1) is 11.6 Å². The number of hydrogen-bond acceptors (Lipinski definition) is 3. The van der Waals surface area contributed by atoms with E-state index in [2.05, 4.69) is 4.90 Å². The van der Waals surface area contributed by atoms with Gasteiger partial charge in [-0.2, -0.15) is 0 Å². The summed E-state index contributed by atoms with van der Waals surface area (Å²) in [6.07, 6.45) is 1.01. The first-order valence-corrected chi connectivity index (χ1v) is 6.62. The van der Waals surface area contributed by atoms with Gasteiger partial charge in [-0.3, -0.25) is 4.90 Å². The molecule has 2 atom stereocenters. The minimum Gasteiger partial charge on any atom is -0.377 e. The lowest BCUT2D eigenvalue weighted by atomic mass is 10.0. The van der Waals surface area contributed by atoms with Gasteiger partial charge in [-0.1, -0.05) is 0 Å². The minimum atomic E-state index is -0.562.